The average molecular weight is 434 g/mol. The summed E-state index contributed by atoms with van der Waals surface area (Å²) >= 11 is 0. The summed E-state index contributed by atoms with van der Waals surface area (Å²) in [6, 6.07) is 14.2. The molecule has 3 heterocycles. The van der Waals surface area contributed by atoms with Gasteiger partial charge in [-0.1, -0.05) is 30.3 Å². The number of ether oxygens (including phenoxy) is 2. The number of nitrogens with one attached hydrogen (secondary N) is 1. The number of aromatic nitrogens is 2. The Bertz CT molecular complexity index is 1230. The molecule has 9 heteroatoms. The monoisotopic (exact) mass is 434 g/mol. The van der Waals surface area contributed by atoms with Gasteiger partial charge in [-0.05, 0) is 18.2 Å². The number of amides is 2. The van der Waals surface area contributed by atoms with E-state index in [1.54, 1.807) is 52.3 Å². The summed E-state index contributed by atoms with van der Waals surface area (Å²) in [5.74, 6) is 0.0939. The van der Waals surface area contributed by atoms with Crippen molar-refractivity contribution < 1.29 is 19.1 Å². The number of morpholine rings is 1. The minimum absolute atomic E-state index is 0.0237. The predicted molar refractivity (Wildman–Crippen MR) is 117 cm³/mol. The van der Waals surface area contributed by atoms with Crippen LogP contribution in [0.5, 0.6) is 5.75 Å². The summed E-state index contributed by atoms with van der Waals surface area (Å²) in [6.07, 6.45) is -0.823. The zero-order valence-corrected chi connectivity index (χ0v) is 17.3. The molecule has 2 amide bonds. The maximum atomic E-state index is 13.4. The highest BCUT2D eigenvalue weighted by Gasteiger charge is 2.36. The highest BCUT2D eigenvalue weighted by molar-refractivity contribution is 6.00. The highest BCUT2D eigenvalue weighted by atomic mass is 16.5. The lowest BCUT2D eigenvalue weighted by Crippen LogP contribution is -2.54. The van der Waals surface area contributed by atoms with Crippen LogP contribution in [0.15, 0.2) is 53.3 Å². The number of rotatable bonds is 3. The number of fused-ring (bicyclic) bond motifs is 2. The molecule has 0 radical (unpaired) electrons. The van der Waals surface area contributed by atoms with Crippen molar-refractivity contribution in [2.75, 3.05) is 37.7 Å². The topological polar surface area (TPSA) is 105 Å². The van der Waals surface area contributed by atoms with E-state index in [0.29, 0.717) is 54.2 Å². The van der Waals surface area contributed by atoms with E-state index in [4.69, 9.17) is 9.47 Å². The minimum Gasteiger partial charge on any atom is -0.476 e. The van der Waals surface area contributed by atoms with Gasteiger partial charge in [0.15, 0.2) is 6.10 Å². The molecule has 1 saturated heterocycles. The van der Waals surface area contributed by atoms with Gasteiger partial charge in [-0.25, -0.2) is 5.10 Å². The molecular formula is C23H22N4O5. The fraction of sp³-hybridized carbons (Fsp3) is 0.304. The molecule has 2 aromatic carbocycles. The van der Waals surface area contributed by atoms with Crippen LogP contribution < -0.4 is 15.2 Å². The second-order valence-corrected chi connectivity index (χ2v) is 7.74. The van der Waals surface area contributed by atoms with E-state index in [1.165, 1.54) is 0 Å². The Hall–Kier alpha value is -3.72. The number of hydrogen-bond donors (Lipinski definition) is 1. The van der Waals surface area contributed by atoms with E-state index < -0.39 is 6.10 Å². The number of benzene rings is 2. The standard InChI is InChI=1S/C23H22N4O5/c28-21(13-17-15-5-1-2-6-16(15)22(29)25-24-17)27-14-20(23(30)26-9-11-31-12-10-26)32-19-8-4-3-7-18(19)27/h1-8,20H,9-14H2,(H,25,29)/t20-/m1/s1. The molecule has 0 spiro atoms. The van der Waals surface area contributed by atoms with Gasteiger partial charge in [0.2, 0.25) is 5.91 Å². The summed E-state index contributed by atoms with van der Waals surface area (Å²) in [6.45, 7) is 2.09. The molecular weight excluding hydrogens is 412 g/mol. The first-order chi connectivity index (χ1) is 15.6. The Morgan fingerprint density at radius 1 is 1.03 bits per heavy atom. The minimum atomic E-state index is -0.799. The predicted octanol–water partition coefficient (Wildman–Crippen LogP) is 1.12. The van der Waals surface area contributed by atoms with Crippen LogP contribution in [0.3, 0.4) is 0 Å². The number of carbonyl (C=O) groups is 2. The number of nitrogens with zero attached hydrogens (tertiary/aromatic N) is 3. The van der Waals surface area contributed by atoms with Crippen molar-refractivity contribution in [3.63, 3.8) is 0 Å². The number of H-pyrrole nitrogens is 1. The molecule has 3 aromatic rings. The smallest absolute Gasteiger partial charge is 0.272 e. The fourth-order valence-electron chi connectivity index (χ4n) is 4.13. The molecule has 0 aliphatic carbocycles. The van der Waals surface area contributed by atoms with Gasteiger partial charge in [0.1, 0.15) is 5.75 Å². The fourth-order valence-corrected chi connectivity index (χ4v) is 4.13. The first-order valence-corrected chi connectivity index (χ1v) is 10.5. The van der Waals surface area contributed by atoms with Gasteiger partial charge in [-0.15, -0.1) is 0 Å². The zero-order chi connectivity index (χ0) is 22.1. The molecule has 0 bridgehead atoms. The van der Waals surface area contributed by atoms with Crippen molar-refractivity contribution in [3.8, 4) is 5.75 Å². The van der Waals surface area contributed by atoms with Crippen molar-refractivity contribution in [1.29, 1.82) is 0 Å². The molecule has 1 atom stereocenters. The lowest BCUT2D eigenvalue weighted by molar-refractivity contribution is -0.142. The van der Waals surface area contributed by atoms with Crippen LogP contribution in [0, 0.1) is 0 Å². The van der Waals surface area contributed by atoms with E-state index >= 15 is 0 Å². The number of anilines is 1. The molecule has 1 aromatic heterocycles. The molecule has 1 N–H and O–H groups in total. The van der Waals surface area contributed by atoms with Crippen LogP contribution in [0.2, 0.25) is 0 Å². The van der Waals surface area contributed by atoms with Crippen LogP contribution in [0.4, 0.5) is 5.69 Å². The molecule has 2 aliphatic rings. The van der Waals surface area contributed by atoms with Gasteiger partial charge in [0, 0.05) is 18.5 Å². The van der Waals surface area contributed by atoms with E-state index in [1.807, 2.05) is 6.07 Å². The SMILES string of the molecule is O=C([C@H]1CN(C(=O)Cc2n[nH]c(=O)c3ccccc23)c2ccccc2O1)N1CCOCC1. The summed E-state index contributed by atoms with van der Waals surface area (Å²) < 4.78 is 11.3. The largest absolute Gasteiger partial charge is 0.476 e. The van der Waals surface area contributed by atoms with Crippen LogP contribution >= 0.6 is 0 Å². The van der Waals surface area contributed by atoms with Crippen molar-refractivity contribution in [1.82, 2.24) is 15.1 Å². The van der Waals surface area contributed by atoms with Crippen LogP contribution in [0.25, 0.3) is 10.8 Å². The normalized spacial score (nSPS) is 18.2. The van der Waals surface area contributed by atoms with Crippen molar-refractivity contribution in [3.05, 3.63) is 64.6 Å². The summed E-state index contributed by atoms with van der Waals surface area (Å²) in [5.41, 5.74) is 0.784. The van der Waals surface area contributed by atoms with Crippen LogP contribution in [-0.4, -0.2) is 65.9 Å². The second kappa shape index (κ2) is 8.43. The van der Waals surface area contributed by atoms with Gasteiger partial charge in [0.25, 0.3) is 11.5 Å². The third-order valence-electron chi connectivity index (χ3n) is 5.77. The molecule has 164 valence electrons. The number of hydrogen-bond acceptors (Lipinski definition) is 6. The van der Waals surface area contributed by atoms with Crippen molar-refractivity contribution in [2.45, 2.75) is 12.5 Å². The molecule has 9 nitrogen and oxygen atoms in total. The van der Waals surface area contributed by atoms with Gasteiger partial charge in [-0.2, -0.15) is 5.10 Å². The first kappa shape index (κ1) is 20.2. The average Bonchev–Trinajstić information content (AvgIpc) is 2.85. The van der Waals surface area contributed by atoms with Gasteiger partial charge in [-0.3, -0.25) is 14.4 Å². The number of carbonyl (C=O) groups excluding carboxylic acids is 2. The van der Waals surface area contributed by atoms with Crippen molar-refractivity contribution >= 4 is 28.3 Å². The van der Waals surface area contributed by atoms with Gasteiger partial charge < -0.3 is 19.3 Å². The van der Waals surface area contributed by atoms with Gasteiger partial charge >= 0.3 is 0 Å². The molecule has 32 heavy (non-hydrogen) atoms. The van der Waals surface area contributed by atoms with E-state index in [-0.39, 0.29) is 30.3 Å². The van der Waals surface area contributed by atoms with E-state index in [9.17, 15) is 14.4 Å². The van der Waals surface area contributed by atoms with Crippen molar-refractivity contribution in [2.24, 2.45) is 0 Å². The zero-order valence-electron chi connectivity index (χ0n) is 17.3. The van der Waals surface area contributed by atoms with Gasteiger partial charge in [0.05, 0.1) is 42.9 Å². The maximum Gasteiger partial charge on any atom is 0.272 e. The van der Waals surface area contributed by atoms with Crippen LogP contribution in [-0.2, 0) is 20.7 Å². The lowest BCUT2D eigenvalue weighted by atomic mass is 10.1. The summed E-state index contributed by atoms with van der Waals surface area (Å²) in [7, 11) is 0. The Kier molecular flexibility index (Phi) is 5.32. The Morgan fingerprint density at radius 3 is 2.56 bits per heavy atom. The third-order valence-corrected chi connectivity index (χ3v) is 5.77. The Morgan fingerprint density at radius 2 is 1.75 bits per heavy atom. The lowest BCUT2D eigenvalue weighted by Gasteiger charge is -2.37. The third kappa shape index (κ3) is 3.71. The molecule has 0 unspecified atom stereocenters. The quantitative estimate of drug-likeness (QED) is 0.662. The molecule has 2 aliphatic heterocycles. The number of para-hydroxylation sites is 2. The first-order valence-electron chi connectivity index (χ1n) is 10.5. The highest BCUT2D eigenvalue weighted by Crippen LogP contribution is 2.34. The Balaban J connectivity index is 1.44. The second-order valence-electron chi connectivity index (χ2n) is 7.74. The molecule has 5 rings (SSSR count). The molecule has 1 fully saturated rings. The van der Waals surface area contributed by atoms with Crippen LogP contribution in [0.1, 0.15) is 5.69 Å². The maximum absolute atomic E-state index is 13.4. The number of aromatic amines is 1. The summed E-state index contributed by atoms with van der Waals surface area (Å²) in [5, 5.41) is 7.70. The summed E-state index contributed by atoms with van der Waals surface area (Å²) in [4.78, 5) is 41.8. The Labute approximate surface area is 183 Å². The molecule has 0 saturated carbocycles. The van der Waals surface area contributed by atoms with E-state index in [0.717, 1.165) is 0 Å². The van der Waals surface area contributed by atoms with E-state index in [2.05, 4.69) is 10.2 Å².